The summed E-state index contributed by atoms with van der Waals surface area (Å²) in [6.45, 7) is 3.20. The molecular formula is C22H26ClN3O4S2. The SMILES string of the molecule is O=C(CSc1ccc(Cl)cc1)Nc1cc(S(=O)(=O)N2CCOCC2)ccc1N1CCCC1. The van der Waals surface area contributed by atoms with E-state index in [1.807, 2.05) is 12.1 Å². The summed E-state index contributed by atoms with van der Waals surface area (Å²) >= 11 is 7.32. The summed E-state index contributed by atoms with van der Waals surface area (Å²) in [7, 11) is -3.65. The van der Waals surface area contributed by atoms with E-state index in [1.165, 1.54) is 16.1 Å². The molecular weight excluding hydrogens is 470 g/mol. The zero-order valence-corrected chi connectivity index (χ0v) is 20.0. The van der Waals surface area contributed by atoms with Crippen LogP contribution in [0.25, 0.3) is 0 Å². The van der Waals surface area contributed by atoms with Gasteiger partial charge in [-0.3, -0.25) is 4.79 Å². The van der Waals surface area contributed by atoms with E-state index < -0.39 is 10.0 Å². The molecule has 2 saturated heterocycles. The van der Waals surface area contributed by atoms with E-state index in [2.05, 4.69) is 10.2 Å². The second-order valence-corrected chi connectivity index (χ2v) is 11.1. The molecule has 0 saturated carbocycles. The predicted octanol–water partition coefficient (Wildman–Crippen LogP) is 3.69. The molecule has 0 unspecified atom stereocenters. The molecule has 0 aliphatic carbocycles. The van der Waals surface area contributed by atoms with Crippen molar-refractivity contribution in [3.8, 4) is 0 Å². The minimum atomic E-state index is -3.65. The van der Waals surface area contributed by atoms with Crippen LogP contribution in [-0.4, -0.2) is 63.8 Å². The summed E-state index contributed by atoms with van der Waals surface area (Å²) < 4.78 is 33.0. The van der Waals surface area contributed by atoms with Crippen LogP contribution in [0.3, 0.4) is 0 Å². The first-order chi connectivity index (χ1) is 15.4. The van der Waals surface area contributed by atoms with Crippen LogP contribution in [0, 0.1) is 0 Å². The average molecular weight is 496 g/mol. The molecule has 0 spiro atoms. The molecule has 0 radical (unpaired) electrons. The number of thioether (sulfide) groups is 1. The van der Waals surface area contributed by atoms with E-state index >= 15 is 0 Å². The third-order valence-corrected chi connectivity index (χ3v) is 8.64. The van der Waals surface area contributed by atoms with Gasteiger partial charge in [0.05, 0.1) is 35.2 Å². The van der Waals surface area contributed by atoms with Gasteiger partial charge >= 0.3 is 0 Å². The van der Waals surface area contributed by atoms with Gasteiger partial charge in [0.25, 0.3) is 0 Å². The number of rotatable bonds is 7. The number of hydrogen-bond acceptors (Lipinski definition) is 6. The molecule has 2 aliphatic rings. The van der Waals surface area contributed by atoms with Crippen molar-refractivity contribution in [1.29, 1.82) is 0 Å². The molecule has 0 aromatic heterocycles. The third kappa shape index (κ3) is 5.58. The lowest BCUT2D eigenvalue weighted by atomic mass is 10.2. The standard InChI is InChI=1S/C22H26ClN3O4S2/c23-17-3-5-18(6-4-17)31-16-22(27)24-20-15-19(7-8-21(20)25-9-1-2-10-25)32(28,29)26-11-13-30-14-12-26/h3-8,15H,1-2,9-14,16H2,(H,24,27). The monoisotopic (exact) mass is 495 g/mol. The van der Waals surface area contributed by atoms with Crippen molar-refractivity contribution in [3.63, 3.8) is 0 Å². The van der Waals surface area contributed by atoms with Gasteiger partial charge in [-0.2, -0.15) is 4.31 Å². The molecule has 32 heavy (non-hydrogen) atoms. The maximum absolute atomic E-state index is 13.1. The normalized spacial score (nSPS) is 17.5. The Hall–Kier alpha value is -1.78. The van der Waals surface area contributed by atoms with Crippen LogP contribution in [0.1, 0.15) is 12.8 Å². The van der Waals surface area contributed by atoms with Crippen LogP contribution in [0.5, 0.6) is 0 Å². The Labute approximate surface area is 198 Å². The molecule has 0 atom stereocenters. The quantitative estimate of drug-likeness (QED) is 0.590. The van der Waals surface area contributed by atoms with Crippen LogP contribution in [0.4, 0.5) is 11.4 Å². The van der Waals surface area contributed by atoms with E-state index in [-0.39, 0.29) is 16.6 Å². The first kappa shape index (κ1) is 23.4. The fourth-order valence-corrected chi connectivity index (χ4v) is 6.07. The van der Waals surface area contributed by atoms with Gasteiger partial charge < -0.3 is 15.0 Å². The molecule has 7 nitrogen and oxygen atoms in total. The minimum absolute atomic E-state index is 0.183. The average Bonchev–Trinajstić information content (AvgIpc) is 3.34. The number of ether oxygens (including phenoxy) is 1. The molecule has 172 valence electrons. The van der Waals surface area contributed by atoms with Gasteiger partial charge in [0.2, 0.25) is 15.9 Å². The molecule has 10 heteroatoms. The smallest absolute Gasteiger partial charge is 0.243 e. The van der Waals surface area contributed by atoms with Crippen LogP contribution in [-0.2, 0) is 19.6 Å². The van der Waals surface area contributed by atoms with E-state index in [0.29, 0.717) is 37.0 Å². The molecule has 4 rings (SSSR count). The predicted molar refractivity (Wildman–Crippen MR) is 128 cm³/mol. The van der Waals surface area contributed by atoms with Crippen molar-refractivity contribution in [2.24, 2.45) is 0 Å². The lowest BCUT2D eigenvalue weighted by Crippen LogP contribution is -2.40. The van der Waals surface area contributed by atoms with E-state index in [4.69, 9.17) is 16.3 Å². The van der Waals surface area contributed by atoms with Gasteiger partial charge in [-0.1, -0.05) is 11.6 Å². The highest BCUT2D eigenvalue weighted by Gasteiger charge is 2.28. The highest BCUT2D eigenvalue weighted by atomic mass is 35.5. The molecule has 2 aliphatic heterocycles. The number of hydrogen-bond donors (Lipinski definition) is 1. The topological polar surface area (TPSA) is 79.0 Å². The van der Waals surface area contributed by atoms with Crippen molar-refractivity contribution in [1.82, 2.24) is 4.31 Å². The van der Waals surface area contributed by atoms with Crippen LogP contribution >= 0.6 is 23.4 Å². The van der Waals surface area contributed by atoms with E-state index in [9.17, 15) is 13.2 Å². The maximum atomic E-state index is 13.1. The lowest BCUT2D eigenvalue weighted by Gasteiger charge is -2.27. The number of sulfonamides is 1. The van der Waals surface area contributed by atoms with Gasteiger partial charge in [0.15, 0.2) is 0 Å². The molecule has 0 bridgehead atoms. The number of morpholine rings is 1. The Kier molecular flexibility index (Phi) is 7.63. The number of amides is 1. The van der Waals surface area contributed by atoms with Gasteiger partial charge in [0, 0.05) is 36.1 Å². The fraction of sp³-hybridized carbons (Fsp3) is 0.409. The summed E-state index contributed by atoms with van der Waals surface area (Å²) in [4.78, 5) is 16.0. The second-order valence-electron chi connectivity index (χ2n) is 7.68. The highest BCUT2D eigenvalue weighted by molar-refractivity contribution is 8.00. The third-order valence-electron chi connectivity index (χ3n) is 5.48. The molecule has 2 fully saturated rings. The van der Waals surface area contributed by atoms with Crippen molar-refractivity contribution in [2.45, 2.75) is 22.6 Å². The maximum Gasteiger partial charge on any atom is 0.243 e. The minimum Gasteiger partial charge on any atom is -0.379 e. The number of anilines is 2. The number of nitrogens with one attached hydrogen (secondary N) is 1. The van der Waals surface area contributed by atoms with Gasteiger partial charge in [-0.05, 0) is 55.3 Å². The molecule has 2 heterocycles. The number of carbonyl (C=O) groups is 1. The van der Waals surface area contributed by atoms with Gasteiger partial charge in [-0.15, -0.1) is 11.8 Å². The molecule has 2 aromatic rings. The number of nitrogens with zero attached hydrogens (tertiary/aromatic N) is 2. The zero-order valence-electron chi connectivity index (χ0n) is 17.6. The van der Waals surface area contributed by atoms with Crippen LogP contribution in [0.15, 0.2) is 52.3 Å². The summed E-state index contributed by atoms with van der Waals surface area (Å²) in [5.74, 6) is 0.0212. The molecule has 1 N–H and O–H groups in total. The van der Waals surface area contributed by atoms with Gasteiger partial charge in [0.1, 0.15) is 0 Å². The largest absolute Gasteiger partial charge is 0.379 e. The highest BCUT2D eigenvalue weighted by Crippen LogP contribution is 2.33. The summed E-state index contributed by atoms with van der Waals surface area (Å²) in [6, 6.07) is 12.3. The van der Waals surface area contributed by atoms with Crippen molar-refractivity contribution in [3.05, 3.63) is 47.5 Å². The zero-order chi connectivity index (χ0) is 22.6. The summed E-state index contributed by atoms with van der Waals surface area (Å²) in [5.41, 5.74) is 1.39. The van der Waals surface area contributed by atoms with E-state index in [1.54, 1.807) is 30.3 Å². The van der Waals surface area contributed by atoms with Crippen molar-refractivity contribution in [2.75, 3.05) is 55.4 Å². The van der Waals surface area contributed by atoms with Crippen LogP contribution < -0.4 is 10.2 Å². The van der Waals surface area contributed by atoms with Crippen molar-refractivity contribution < 1.29 is 17.9 Å². The first-order valence-electron chi connectivity index (χ1n) is 10.6. The number of carbonyl (C=O) groups excluding carboxylic acids is 1. The summed E-state index contributed by atoms with van der Waals surface area (Å²) in [6.07, 6.45) is 2.15. The Bertz CT molecular complexity index is 1050. The van der Waals surface area contributed by atoms with Crippen molar-refractivity contribution >= 4 is 50.7 Å². The number of halogens is 1. The van der Waals surface area contributed by atoms with Crippen LogP contribution in [0.2, 0.25) is 5.02 Å². The van der Waals surface area contributed by atoms with E-state index in [0.717, 1.165) is 36.5 Å². The fourth-order valence-electron chi connectivity index (χ4n) is 3.81. The van der Waals surface area contributed by atoms with Gasteiger partial charge in [-0.25, -0.2) is 8.42 Å². The second kappa shape index (κ2) is 10.4. The Balaban J connectivity index is 1.54. The number of benzene rings is 2. The summed E-state index contributed by atoms with van der Waals surface area (Å²) in [5, 5.41) is 3.60. The lowest BCUT2D eigenvalue weighted by molar-refractivity contribution is -0.113. The molecule has 2 aromatic carbocycles. The Morgan fingerprint density at radius 2 is 1.72 bits per heavy atom. The molecule has 1 amide bonds. The first-order valence-corrected chi connectivity index (χ1v) is 13.4. The Morgan fingerprint density at radius 3 is 2.41 bits per heavy atom. The Morgan fingerprint density at radius 1 is 1.03 bits per heavy atom.